The van der Waals surface area contributed by atoms with E-state index in [1.807, 2.05) is 0 Å². The molecule has 0 aliphatic heterocycles. The lowest BCUT2D eigenvalue weighted by molar-refractivity contribution is -0.116. The number of nitrogens with one attached hydrogen (secondary N) is 3. The fraction of sp³-hybridized carbons (Fsp3) is 0.364. The van der Waals surface area contributed by atoms with Gasteiger partial charge in [0.15, 0.2) is 5.82 Å². The van der Waals surface area contributed by atoms with E-state index in [2.05, 4.69) is 31.1 Å². The van der Waals surface area contributed by atoms with E-state index in [0.29, 0.717) is 5.69 Å². The second kappa shape index (κ2) is 6.03. The lowest BCUT2D eigenvalue weighted by atomic mass is 10.4. The van der Waals surface area contributed by atoms with Crippen molar-refractivity contribution in [2.24, 2.45) is 0 Å². The first-order valence-electron chi connectivity index (χ1n) is 6.14. The van der Waals surface area contributed by atoms with Crippen molar-refractivity contribution in [1.82, 2.24) is 30.1 Å². The summed E-state index contributed by atoms with van der Waals surface area (Å²) >= 11 is 0. The molecule has 0 spiro atoms. The smallest absolute Gasteiger partial charge is 0.322 e. The van der Waals surface area contributed by atoms with Gasteiger partial charge in [-0.2, -0.15) is 5.10 Å². The number of hydrogen-bond donors (Lipinski definition) is 3. The number of anilines is 2. The van der Waals surface area contributed by atoms with E-state index in [1.54, 1.807) is 21.0 Å². The van der Waals surface area contributed by atoms with Crippen molar-refractivity contribution in [3.05, 3.63) is 18.1 Å². The Balaban J connectivity index is 1.91. The van der Waals surface area contributed by atoms with Crippen molar-refractivity contribution in [3.8, 4) is 0 Å². The van der Waals surface area contributed by atoms with Crippen LogP contribution in [0.1, 0.15) is 5.69 Å². The Hall–Kier alpha value is -2.91. The maximum absolute atomic E-state index is 11.8. The van der Waals surface area contributed by atoms with Crippen molar-refractivity contribution in [3.63, 3.8) is 0 Å². The van der Waals surface area contributed by atoms with E-state index >= 15 is 0 Å². The molecule has 10 heteroatoms. The van der Waals surface area contributed by atoms with Crippen LogP contribution in [0.25, 0.3) is 0 Å². The van der Waals surface area contributed by atoms with E-state index in [0.717, 1.165) is 5.69 Å². The fourth-order valence-electron chi connectivity index (χ4n) is 1.47. The van der Waals surface area contributed by atoms with Gasteiger partial charge in [0.1, 0.15) is 6.54 Å². The van der Waals surface area contributed by atoms with Crippen molar-refractivity contribution >= 4 is 23.4 Å². The Morgan fingerprint density at radius 3 is 2.76 bits per heavy atom. The van der Waals surface area contributed by atoms with Crippen molar-refractivity contribution in [2.45, 2.75) is 13.5 Å². The molecule has 2 aromatic heterocycles. The fourth-order valence-corrected chi connectivity index (χ4v) is 1.47. The van der Waals surface area contributed by atoms with Gasteiger partial charge in [-0.15, -0.1) is 5.10 Å². The summed E-state index contributed by atoms with van der Waals surface area (Å²) in [5.74, 6) is 0.0101. The number of aryl methyl sites for hydroxylation is 1. The predicted molar refractivity (Wildman–Crippen MR) is 74.7 cm³/mol. The molecule has 0 saturated carbocycles. The van der Waals surface area contributed by atoms with Crippen LogP contribution >= 0.6 is 0 Å². The summed E-state index contributed by atoms with van der Waals surface area (Å²) in [5, 5.41) is 19.3. The third-order valence-corrected chi connectivity index (χ3v) is 2.59. The summed E-state index contributed by atoms with van der Waals surface area (Å²) in [7, 11) is 3.22. The highest BCUT2D eigenvalue weighted by Crippen LogP contribution is 2.09. The molecule has 112 valence electrons. The lowest BCUT2D eigenvalue weighted by Crippen LogP contribution is -2.27. The molecule has 21 heavy (non-hydrogen) atoms. The SMILES string of the molecule is Cc1[nH]ncc1NC(=O)Cn1cc(NC(=O)N(C)C)nn1. The standard InChI is InChI=1S/C11H16N8O2/c1-7-8(4-12-15-7)13-10(20)6-19-5-9(16-17-19)14-11(21)18(2)3/h4-5H,6H2,1-3H3,(H,12,15)(H,13,20)(H,14,21). The summed E-state index contributed by atoms with van der Waals surface area (Å²) < 4.78 is 1.33. The molecule has 0 aliphatic carbocycles. The molecule has 0 unspecified atom stereocenters. The normalized spacial score (nSPS) is 10.2. The Morgan fingerprint density at radius 1 is 1.38 bits per heavy atom. The number of aromatic amines is 1. The van der Waals surface area contributed by atoms with Crippen LogP contribution in [-0.4, -0.2) is 56.1 Å². The van der Waals surface area contributed by atoms with Crippen molar-refractivity contribution in [1.29, 1.82) is 0 Å². The van der Waals surface area contributed by atoms with Crippen LogP contribution in [0.15, 0.2) is 12.4 Å². The zero-order valence-corrected chi connectivity index (χ0v) is 11.9. The molecule has 2 aromatic rings. The topological polar surface area (TPSA) is 121 Å². The molecule has 0 saturated heterocycles. The first-order valence-corrected chi connectivity index (χ1v) is 6.14. The maximum atomic E-state index is 11.8. The first kappa shape index (κ1) is 14.5. The minimum absolute atomic E-state index is 0.0184. The van der Waals surface area contributed by atoms with E-state index in [4.69, 9.17) is 0 Å². The summed E-state index contributed by atoms with van der Waals surface area (Å²) in [6.07, 6.45) is 3.00. The van der Waals surface area contributed by atoms with Crippen LogP contribution in [0.4, 0.5) is 16.3 Å². The molecule has 0 aromatic carbocycles. The summed E-state index contributed by atoms with van der Waals surface area (Å²) in [6, 6.07) is -0.319. The highest BCUT2D eigenvalue weighted by molar-refractivity contribution is 5.91. The number of hydrogen-bond acceptors (Lipinski definition) is 5. The Labute approximate surface area is 120 Å². The van der Waals surface area contributed by atoms with Crippen LogP contribution in [0.5, 0.6) is 0 Å². The van der Waals surface area contributed by atoms with Gasteiger partial charge in [-0.25, -0.2) is 9.48 Å². The highest BCUT2D eigenvalue weighted by Gasteiger charge is 2.10. The number of rotatable bonds is 4. The quantitative estimate of drug-likeness (QED) is 0.734. The van der Waals surface area contributed by atoms with Gasteiger partial charge >= 0.3 is 6.03 Å². The summed E-state index contributed by atoms with van der Waals surface area (Å²) in [5.41, 5.74) is 1.38. The first-order chi connectivity index (χ1) is 9.95. The van der Waals surface area contributed by atoms with Gasteiger partial charge in [-0.3, -0.25) is 15.2 Å². The Bertz CT molecular complexity index is 644. The zero-order valence-electron chi connectivity index (χ0n) is 11.9. The molecule has 2 rings (SSSR count). The molecule has 0 fully saturated rings. The van der Waals surface area contributed by atoms with Crippen LogP contribution in [-0.2, 0) is 11.3 Å². The predicted octanol–water partition coefficient (Wildman–Crippen LogP) is 0.0418. The van der Waals surface area contributed by atoms with E-state index in [9.17, 15) is 9.59 Å². The average Bonchev–Trinajstić information content (AvgIpc) is 3.00. The van der Waals surface area contributed by atoms with Gasteiger partial charge in [-0.05, 0) is 6.92 Å². The van der Waals surface area contributed by atoms with E-state index in [1.165, 1.54) is 22.0 Å². The number of amides is 3. The Kier molecular flexibility index (Phi) is 4.16. The molecular formula is C11H16N8O2. The third kappa shape index (κ3) is 3.78. The van der Waals surface area contributed by atoms with Gasteiger partial charge in [0.25, 0.3) is 0 Å². The molecule has 0 atom stereocenters. The number of nitrogens with zero attached hydrogens (tertiary/aromatic N) is 5. The van der Waals surface area contributed by atoms with E-state index < -0.39 is 0 Å². The second-order valence-corrected chi connectivity index (χ2v) is 4.58. The molecule has 0 aliphatic rings. The zero-order chi connectivity index (χ0) is 15.4. The summed E-state index contributed by atoms with van der Waals surface area (Å²) in [4.78, 5) is 24.6. The Morgan fingerprint density at radius 2 is 2.14 bits per heavy atom. The number of urea groups is 1. The minimum Gasteiger partial charge on any atom is -0.331 e. The van der Waals surface area contributed by atoms with Gasteiger partial charge in [0.2, 0.25) is 5.91 Å². The lowest BCUT2D eigenvalue weighted by Gasteiger charge is -2.09. The highest BCUT2D eigenvalue weighted by atomic mass is 16.2. The molecular weight excluding hydrogens is 276 g/mol. The van der Waals surface area contributed by atoms with Crippen LogP contribution in [0.2, 0.25) is 0 Å². The number of aromatic nitrogens is 5. The van der Waals surface area contributed by atoms with Gasteiger partial charge in [-0.1, -0.05) is 5.21 Å². The van der Waals surface area contributed by atoms with Gasteiger partial charge < -0.3 is 10.2 Å². The monoisotopic (exact) mass is 292 g/mol. The molecule has 3 amide bonds. The number of H-pyrrole nitrogens is 1. The molecule has 10 nitrogen and oxygen atoms in total. The molecule has 3 N–H and O–H groups in total. The number of carbonyl (C=O) groups is 2. The second-order valence-electron chi connectivity index (χ2n) is 4.58. The summed E-state index contributed by atoms with van der Waals surface area (Å²) in [6.45, 7) is 1.78. The number of carbonyl (C=O) groups excluding carboxylic acids is 2. The average molecular weight is 292 g/mol. The largest absolute Gasteiger partial charge is 0.331 e. The maximum Gasteiger partial charge on any atom is 0.322 e. The van der Waals surface area contributed by atoms with E-state index in [-0.39, 0.29) is 24.3 Å². The van der Waals surface area contributed by atoms with Crippen molar-refractivity contribution < 1.29 is 9.59 Å². The molecule has 0 radical (unpaired) electrons. The van der Waals surface area contributed by atoms with Crippen LogP contribution in [0.3, 0.4) is 0 Å². The molecule has 2 heterocycles. The van der Waals surface area contributed by atoms with Gasteiger partial charge in [0.05, 0.1) is 23.8 Å². The van der Waals surface area contributed by atoms with Crippen LogP contribution in [0, 0.1) is 6.92 Å². The third-order valence-electron chi connectivity index (χ3n) is 2.59. The van der Waals surface area contributed by atoms with Gasteiger partial charge in [0, 0.05) is 14.1 Å². The van der Waals surface area contributed by atoms with Crippen molar-refractivity contribution in [2.75, 3.05) is 24.7 Å². The molecule has 0 bridgehead atoms. The minimum atomic E-state index is -0.319. The van der Waals surface area contributed by atoms with Crippen LogP contribution < -0.4 is 10.6 Å².